The molecule has 0 aliphatic carbocycles. The topological polar surface area (TPSA) is 55.8 Å². The minimum atomic E-state index is -0.309. The van der Waals surface area contributed by atoms with Crippen LogP contribution in [-0.4, -0.2) is 65.7 Å². The van der Waals surface area contributed by atoms with Crippen LogP contribution in [0, 0.1) is 13.8 Å². The van der Waals surface area contributed by atoms with E-state index in [0.717, 1.165) is 25.2 Å². The van der Waals surface area contributed by atoms with Crippen molar-refractivity contribution in [3.05, 3.63) is 34.9 Å². The number of nitrogens with zero attached hydrogens (tertiary/aromatic N) is 2. The second kappa shape index (κ2) is 8.79. The molecule has 1 saturated heterocycles. The lowest BCUT2D eigenvalue weighted by molar-refractivity contribution is -0.123. The second-order valence-corrected chi connectivity index (χ2v) is 7.56. The summed E-state index contributed by atoms with van der Waals surface area (Å²) in [4.78, 5) is 16.9. The van der Waals surface area contributed by atoms with E-state index in [0.29, 0.717) is 19.1 Å². The van der Waals surface area contributed by atoms with Crippen LogP contribution in [-0.2, 0) is 4.79 Å². The minimum Gasteiger partial charge on any atom is -0.392 e. The molecule has 0 unspecified atom stereocenters. The maximum Gasteiger partial charge on any atom is 0.234 e. The summed E-state index contributed by atoms with van der Waals surface area (Å²) >= 11 is 0. The fourth-order valence-electron chi connectivity index (χ4n) is 3.43. The van der Waals surface area contributed by atoms with Crippen molar-refractivity contribution < 1.29 is 9.90 Å². The van der Waals surface area contributed by atoms with Gasteiger partial charge in [0.05, 0.1) is 18.7 Å². The summed E-state index contributed by atoms with van der Waals surface area (Å²) in [6, 6.07) is 6.71. The zero-order valence-electron chi connectivity index (χ0n) is 16.2. The fourth-order valence-corrected chi connectivity index (χ4v) is 3.43. The van der Waals surface area contributed by atoms with Crippen LogP contribution in [0.15, 0.2) is 18.2 Å². The molecular weight excluding hydrogens is 314 g/mol. The van der Waals surface area contributed by atoms with Gasteiger partial charge in [0.25, 0.3) is 0 Å². The van der Waals surface area contributed by atoms with Gasteiger partial charge in [0, 0.05) is 32.2 Å². The largest absolute Gasteiger partial charge is 0.392 e. The molecule has 1 heterocycles. The molecule has 0 bridgehead atoms. The van der Waals surface area contributed by atoms with Gasteiger partial charge in [-0.2, -0.15) is 0 Å². The smallest absolute Gasteiger partial charge is 0.234 e. The molecule has 1 amide bonds. The van der Waals surface area contributed by atoms with Gasteiger partial charge in [-0.1, -0.05) is 18.2 Å². The van der Waals surface area contributed by atoms with E-state index in [1.807, 2.05) is 13.8 Å². The van der Waals surface area contributed by atoms with E-state index in [4.69, 9.17) is 0 Å². The Morgan fingerprint density at radius 1 is 1.28 bits per heavy atom. The van der Waals surface area contributed by atoms with Gasteiger partial charge < -0.3 is 10.4 Å². The number of hydrogen-bond acceptors (Lipinski definition) is 4. The number of aryl methyl sites for hydroxylation is 2. The van der Waals surface area contributed by atoms with E-state index in [9.17, 15) is 9.90 Å². The predicted octanol–water partition coefficient (Wildman–Crippen LogP) is 1.87. The van der Waals surface area contributed by atoms with Crippen LogP contribution in [0.1, 0.15) is 43.5 Å². The van der Waals surface area contributed by atoms with Crippen LogP contribution in [0.5, 0.6) is 0 Å². The number of carbonyl (C=O) groups is 1. The van der Waals surface area contributed by atoms with Crippen molar-refractivity contribution in [3.8, 4) is 0 Å². The number of aliphatic hydroxyl groups excluding tert-OH is 1. The van der Waals surface area contributed by atoms with E-state index in [2.05, 4.69) is 54.1 Å². The molecule has 5 nitrogen and oxygen atoms in total. The van der Waals surface area contributed by atoms with Crippen LogP contribution in [0.25, 0.3) is 0 Å². The molecule has 0 aromatic heterocycles. The lowest BCUT2D eigenvalue weighted by Gasteiger charge is -2.40. The molecule has 3 atom stereocenters. The highest BCUT2D eigenvalue weighted by Crippen LogP contribution is 2.17. The normalized spacial score (nSPS) is 21.8. The number of aliphatic hydroxyl groups is 1. The third kappa shape index (κ3) is 5.80. The van der Waals surface area contributed by atoms with Gasteiger partial charge in [0.15, 0.2) is 0 Å². The van der Waals surface area contributed by atoms with Gasteiger partial charge >= 0.3 is 0 Å². The van der Waals surface area contributed by atoms with Gasteiger partial charge in [0.2, 0.25) is 5.91 Å². The lowest BCUT2D eigenvalue weighted by Crippen LogP contribution is -2.55. The minimum absolute atomic E-state index is 0.0146. The summed E-state index contributed by atoms with van der Waals surface area (Å²) < 4.78 is 0. The van der Waals surface area contributed by atoms with Crippen LogP contribution in [0.3, 0.4) is 0 Å². The Kier molecular flexibility index (Phi) is 6.99. The number of carbonyl (C=O) groups excluding carboxylic acids is 1. The first-order valence-electron chi connectivity index (χ1n) is 9.27. The number of piperazine rings is 1. The van der Waals surface area contributed by atoms with E-state index in [-0.39, 0.29) is 18.1 Å². The number of rotatable bonds is 6. The maximum absolute atomic E-state index is 12.4. The SMILES string of the molecule is Cc1ccc([C@H](C)NC(=O)CN2CCN(C[C@@H](C)O)[C@@H](C)C2)cc1C. The first-order valence-corrected chi connectivity index (χ1v) is 9.27. The van der Waals surface area contributed by atoms with Crippen molar-refractivity contribution in [1.29, 1.82) is 0 Å². The number of β-amino-alcohol motifs (C(OH)–C–C–N with tert-alkyl or cyclic N) is 1. The van der Waals surface area contributed by atoms with Gasteiger partial charge in [-0.3, -0.25) is 14.6 Å². The third-order valence-corrected chi connectivity index (χ3v) is 5.12. The Hall–Kier alpha value is -1.43. The summed E-state index contributed by atoms with van der Waals surface area (Å²) in [6.45, 7) is 14.0. The third-order valence-electron chi connectivity index (χ3n) is 5.12. The summed E-state index contributed by atoms with van der Waals surface area (Å²) in [6.07, 6.45) is -0.309. The van der Waals surface area contributed by atoms with Crippen LogP contribution < -0.4 is 5.32 Å². The number of benzene rings is 1. The van der Waals surface area contributed by atoms with Gasteiger partial charge in [0.1, 0.15) is 0 Å². The molecule has 0 spiro atoms. The zero-order chi connectivity index (χ0) is 18.6. The molecule has 25 heavy (non-hydrogen) atoms. The summed E-state index contributed by atoms with van der Waals surface area (Å²) in [7, 11) is 0. The molecule has 0 radical (unpaired) electrons. The summed E-state index contributed by atoms with van der Waals surface area (Å²) in [5.74, 6) is 0.0712. The van der Waals surface area contributed by atoms with E-state index in [1.165, 1.54) is 11.1 Å². The van der Waals surface area contributed by atoms with Gasteiger partial charge in [-0.15, -0.1) is 0 Å². The standard InChI is InChI=1S/C20H33N3O2/c1-14-6-7-19(10-15(14)2)18(5)21-20(25)13-22-8-9-23(12-17(4)24)16(3)11-22/h6-7,10,16-18,24H,8-9,11-13H2,1-5H3,(H,21,25)/t16-,17+,18-/m0/s1. The first kappa shape index (κ1) is 19.9. The van der Waals surface area contributed by atoms with Crippen LogP contribution in [0.4, 0.5) is 0 Å². The Balaban J connectivity index is 1.83. The van der Waals surface area contributed by atoms with E-state index < -0.39 is 0 Å². The maximum atomic E-state index is 12.4. The number of hydrogen-bond donors (Lipinski definition) is 2. The van der Waals surface area contributed by atoms with Crippen LogP contribution >= 0.6 is 0 Å². The van der Waals surface area contributed by atoms with Gasteiger partial charge in [-0.25, -0.2) is 0 Å². The second-order valence-electron chi connectivity index (χ2n) is 7.56. The molecule has 5 heteroatoms. The van der Waals surface area contributed by atoms with Crippen LogP contribution in [0.2, 0.25) is 0 Å². The van der Waals surface area contributed by atoms with Crippen molar-refractivity contribution >= 4 is 5.91 Å². The molecule has 2 N–H and O–H groups in total. The highest BCUT2D eigenvalue weighted by atomic mass is 16.3. The molecule has 1 fully saturated rings. The van der Waals surface area contributed by atoms with Crippen molar-refractivity contribution in [2.75, 3.05) is 32.7 Å². The molecule has 1 aromatic rings. The fraction of sp³-hybridized carbons (Fsp3) is 0.650. The number of amides is 1. The first-order chi connectivity index (χ1) is 11.8. The molecular formula is C20H33N3O2. The Morgan fingerprint density at radius 3 is 2.60 bits per heavy atom. The van der Waals surface area contributed by atoms with Crippen molar-refractivity contribution in [2.24, 2.45) is 0 Å². The van der Waals surface area contributed by atoms with E-state index in [1.54, 1.807) is 0 Å². The molecule has 1 aliphatic heterocycles. The van der Waals surface area contributed by atoms with Crippen molar-refractivity contribution in [2.45, 2.75) is 52.8 Å². The summed E-state index contributed by atoms with van der Waals surface area (Å²) in [5.41, 5.74) is 3.67. The summed E-state index contributed by atoms with van der Waals surface area (Å²) in [5, 5.41) is 12.7. The quantitative estimate of drug-likeness (QED) is 0.825. The predicted molar refractivity (Wildman–Crippen MR) is 102 cm³/mol. The molecule has 140 valence electrons. The lowest BCUT2D eigenvalue weighted by atomic mass is 10.0. The highest BCUT2D eigenvalue weighted by molar-refractivity contribution is 5.78. The van der Waals surface area contributed by atoms with Gasteiger partial charge in [-0.05, 0) is 51.3 Å². The molecule has 0 saturated carbocycles. The Bertz CT molecular complexity index is 588. The van der Waals surface area contributed by atoms with E-state index >= 15 is 0 Å². The number of nitrogens with one attached hydrogen (secondary N) is 1. The highest BCUT2D eigenvalue weighted by Gasteiger charge is 2.25. The zero-order valence-corrected chi connectivity index (χ0v) is 16.2. The van der Waals surface area contributed by atoms with Crippen molar-refractivity contribution in [1.82, 2.24) is 15.1 Å². The van der Waals surface area contributed by atoms with Crippen molar-refractivity contribution in [3.63, 3.8) is 0 Å². The average Bonchev–Trinajstić information content (AvgIpc) is 2.52. The molecule has 2 rings (SSSR count). The Morgan fingerprint density at radius 2 is 2.00 bits per heavy atom. The molecule has 1 aliphatic rings. The monoisotopic (exact) mass is 347 g/mol. The average molecular weight is 348 g/mol. The molecule has 1 aromatic carbocycles. The Labute approximate surface area is 152 Å².